The van der Waals surface area contributed by atoms with Gasteiger partial charge in [0.05, 0.1) is 4.90 Å². The largest absolute Gasteiger partial charge is 0.273 e. The van der Waals surface area contributed by atoms with Crippen molar-refractivity contribution in [1.29, 1.82) is 0 Å². The number of aliphatic imine (C=N–C) groups is 1. The highest BCUT2D eigenvalue weighted by molar-refractivity contribution is 9.10. The molecule has 0 saturated carbocycles. The molecule has 2 aliphatic rings. The third-order valence-corrected chi connectivity index (χ3v) is 17.9. The lowest BCUT2D eigenvalue weighted by atomic mass is 9.78. The standard InChI is InChI=1S/C29H32S.C23H21NO2S2.C14H21Br/c1-19(22-16-24(28(2,3)4)18-25(17-22)29(5,6)7)20-12-13-27-23(14-20)15-21-10-8-9-11-26(21)30-27;1-16-7-10-21(11-8-16)28(25,26)15-24-17(2)18-9-12-23-20(13-18)14-19-5-3-4-6-22(19)27-23;1-13(2,3)10-7-11(14(4,5)6)9-12(15)8-10/h8-14,16-18H,1,15H2,2-7H3;3-13H,14-15H2,1-2H3;7-9H,1-6H3. The van der Waals surface area contributed by atoms with Gasteiger partial charge in [0.1, 0.15) is 5.88 Å². The molecule has 7 heteroatoms. The second-order valence-corrected chi connectivity index (χ2v) is 28.8. The van der Waals surface area contributed by atoms with Gasteiger partial charge in [-0.2, -0.15) is 0 Å². The van der Waals surface area contributed by atoms with Gasteiger partial charge in [-0.1, -0.05) is 220 Å². The van der Waals surface area contributed by atoms with Gasteiger partial charge in [-0.25, -0.2) is 8.42 Å². The molecule has 9 rings (SSSR count). The minimum atomic E-state index is -3.43. The molecule has 0 atom stereocenters. The van der Waals surface area contributed by atoms with E-state index >= 15 is 0 Å². The summed E-state index contributed by atoms with van der Waals surface area (Å²) < 4.78 is 26.3. The molecule has 0 aliphatic carbocycles. The maximum absolute atomic E-state index is 12.5. The lowest BCUT2D eigenvalue weighted by molar-refractivity contribution is 0.567. The van der Waals surface area contributed by atoms with Gasteiger partial charge in [-0.3, -0.25) is 4.99 Å². The van der Waals surface area contributed by atoms with Gasteiger partial charge in [-0.05, 0) is 176 Å². The van der Waals surface area contributed by atoms with Gasteiger partial charge < -0.3 is 0 Å². The molecule has 73 heavy (non-hydrogen) atoms. The zero-order chi connectivity index (χ0) is 53.3. The van der Waals surface area contributed by atoms with E-state index in [-0.39, 0.29) is 27.5 Å². The molecular weight excluding hydrogens is 1010 g/mol. The number of sulfone groups is 1. The Morgan fingerprint density at radius 3 is 1.36 bits per heavy atom. The van der Waals surface area contributed by atoms with Gasteiger partial charge in [0, 0.05) is 29.8 Å². The summed E-state index contributed by atoms with van der Waals surface area (Å²) in [7, 11) is -3.43. The van der Waals surface area contributed by atoms with Crippen LogP contribution in [0.4, 0.5) is 0 Å². The fourth-order valence-electron chi connectivity index (χ4n) is 8.58. The summed E-state index contributed by atoms with van der Waals surface area (Å²) in [5.41, 5.74) is 17.9. The Morgan fingerprint density at radius 1 is 0.507 bits per heavy atom. The van der Waals surface area contributed by atoms with E-state index in [1.807, 2.05) is 43.8 Å². The number of fused-ring (bicyclic) bond motifs is 4. The van der Waals surface area contributed by atoms with E-state index in [1.165, 1.54) is 79.7 Å². The van der Waals surface area contributed by atoms with Crippen LogP contribution in [-0.2, 0) is 44.3 Å². The third-order valence-electron chi connectivity index (χ3n) is 13.5. The monoisotopic (exact) mass is 1090 g/mol. The molecule has 0 radical (unpaired) electrons. The highest BCUT2D eigenvalue weighted by Gasteiger charge is 2.24. The third kappa shape index (κ3) is 14.3. The predicted octanol–water partition coefficient (Wildman–Crippen LogP) is 18.7. The number of nitrogens with zero attached hydrogens (tertiary/aromatic N) is 1. The van der Waals surface area contributed by atoms with Gasteiger partial charge in [0.25, 0.3) is 0 Å². The van der Waals surface area contributed by atoms with E-state index in [9.17, 15) is 8.42 Å². The van der Waals surface area contributed by atoms with Crippen LogP contribution < -0.4 is 0 Å². The van der Waals surface area contributed by atoms with Crippen molar-refractivity contribution >= 4 is 60.6 Å². The molecule has 0 amide bonds. The molecule has 0 spiro atoms. The van der Waals surface area contributed by atoms with Crippen LogP contribution in [0, 0.1) is 6.92 Å². The van der Waals surface area contributed by atoms with Gasteiger partial charge in [-0.15, -0.1) is 0 Å². The van der Waals surface area contributed by atoms with E-state index in [1.54, 1.807) is 23.9 Å². The summed E-state index contributed by atoms with van der Waals surface area (Å²) >= 11 is 7.26. The number of aryl methyl sites for hydroxylation is 1. The summed E-state index contributed by atoms with van der Waals surface area (Å²) in [6, 6.07) is 51.0. The number of halogens is 1. The normalized spacial score (nSPS) is 13.5. The first-order valence-corrected chi connectivity index (χ1v) is 29.4. The Morgan fingerprint density at radius 2 is 0.904 bits per heavy atom. The van der Waals surface area contributed by atoms with Crippen LogP contribution in [0.3, 0.4) is 0 Å². The van der Waals surface area contributed by atoms with Crippen LogP contribution in [0.25, 0.3) is 5.57 Å². The molecule has 2 heterocycles. The zero-order valence-electron chi connectivity index (χ0n) is 45.6. The molecular formula is C66H74BrNO2S3. The Balaban J connectivity index is 0.000000169. The number of hydrogen-bond donors (Lipinski definition) is 0. The quantitative estimate of drug-likeness (QED) is 0.156. The molecule has 2 aliphatic heterocycles. The fraction of sp³-hybridized carbons (Fsp3) is 0.318. The van der Waals surface area contributed by atoms with Crippen molar-refractivity contribution in [3.63, 3.8) is 0 Å². The first-order chi connectivity index (χ1) is 34.0. The number of benzene rings is 7. The maximum atomic E-state index is 12.5. The molecule has 0 saturated heterocycles. The molecule has 3 nitrogen and oxygen atoms in total. The summed E-state index contributed by atoms with van der Waals surface area (Å²) in [6.45, 7) is 35.6. The summed E-state index contributed by atoms with van der Waals surface area (Å²) in [5.74, 6) is -0.240. The highest BCUT2D eigenvalue weighted by Crippen LogP contribution is 2.42. The molecule has 0 N–H and O–H groups in total. The lowest BCUT2D eigenvalue weighted by Gasteiger charge is -2.27. The SMILES string of the molecule is C=C(c1cc(C(C)(C)C)cc(C(C)(C)C)c1)c1ccc2c(c1)Cc1ccccc1S2.CC(=NCS(=O)(=O)c1ccc(C)cc1)c1ccc2c(c1)Cc1ccccc1S2.CC(C)(C)c1cc(Br)cc(C(C)(C)C)c1. The van der Waals surface area contributed by atoms with Crippen LogP contribution in [0.15, 0.2) is 186 Å². The summed E-state index contributed by atoms with van der Waals surface area (Å²) in [6.07, 6.45) is 1.89. The first kappa shape index (κ1) is 55.8. The molecule has 7 aromatic rings. The van der Waals surface area contributed by atoms with Crippen molar-refractivity contribution in [2.24, 2.45) is 4.99 Å². The van der Waals surface area contributed by atoms with Crippen molar-refractivity contribution in [1.82, 2.24) is 0 Å². The first-order valence-electron chi connectivity index (χ1n) is 25.3. The minimum Gasteiger partial charge on any atom is -0.273 e. The Labute approximate surface area is 455 Å². The zero-order valence-corrected chi connectivity index (χ0v) is 49.6. The van der Waals surface area contributed by atoms with Crippen molar-refractivity contribution in [2.75, 3.05) is 5.88 Å². The Hall–Kier alpha value is -4.92. The average Bonchev–Trinajstić information content (AvgIpc) is 3.33. The van der Waals surface area contributed by atoms with Gasteiger partial charge in [0.2, 0.25) is 0 Å². The van der Waals surface area contributed by atoms with E-state index in [2.05, 4.69) is 226 Å². The fourth-order valence-corrected chi connectivity index (χ4v) is 12.2. The predicted molar refractivity (Wildman–Crippen MR) is 319 cm³/mol. The second-order valence-electron chi connectivity index (χ2n) is 23.7. The van der Waals surface area contributed by atoms with Gasteiger partial charge in [0.15, 0.2) is 9.84 Å². The smallest absolute Gasteiger partial charge is 0.198 e. The molecule has 7 aromatic carbocycles. The van der Waals surface area contributed by atoms with Crippen LogP contribution in [0.5, 0.6) is 0 Å². The number of rotatable bonds is 6. The topological polar surface area (TPSA) is 46.5 Å². The van der Waals surface area contributed by atoms with Gasteiger partial charge >= 0.3 is 0 Å². The van der Waals surface area contributed by atoms with Crippen molar-refractivity contribution < 1.29 is 8.42 Å². The minimum absolute atomic E-state index is 0.104. The average molecular weight is 1090 g/mol. The number of hydrogen-bond acceptors (Lipinski definition) is 5. The van der Waals surface area contributed by atoms with Crippen molar-refractivity contribution in [3.05, 3.63) is 223 Å². The van der Waals surface area contributed by atoms with E-state index in [0.29, 0.717) is 4.90 Å². The van der Waals surface area contributed by atoms with Crippen LogP contribution >= 0.6 is 39.5 Å². The van der Waals surface area contributed by atoms with E-state index < -0.39 is 9.84 Å². The highest BCUT2D eigenvalue weighted by atomic mass is 79.9. The van der Waals surface area contributed by atoms with Crippen LogP contribution in [-0.4, -0.2) is 20.0 Å². The Kier molecular flexibility index (Phi) is 16.9. The van der Waals surface area contributed by atoms with E-state index in [0.717, 1.165) is 35.3 Å². The Bertz CT molecular complexity index is 3240. The van der Waals surface area contributed by atoms with Crippen molar-refractivity contribution in [3.8, 4) is 0 Å². The lowest BCUT2D eigenvalue weighted by Crippen LogP contribution is -2.17. The molecule has 0 fully saturated rings. The molecule has 380 valence electrons. The molecule has 0 unspecified atom stereocenters. The molecule has 0 bridgehead atoms. The van der Waals surface area contributed by atoms with Crippen molar-refractivity contribution in [2.45, 2.75) is 156 Å². The van der Waals surface area contributed by atoms with E-state index in [4.69, 9.17) is 0 Å². The summed E-state index contributed by atoms with van der Waals surface area (Å²) in [4.78, 5) is 9.99. The molecule has 0 aromatic heterocycles. The van der Waals surface area contributed by atoms with Crippen LogP contribution in [0.2, 0.25) is 0 Å². The summed E-state index contributed by atoms with van der Waals surface area (Å²) in [5, 5.41) is 0. The maximum Gasteiger partial charge on any atom is 0.198 e. The second kappa shape index (κ2) is 22.1. The van der Waals surface area contributed by atoms with Crippen LogP contribution in [0.1, 0.15) is 157 Å².